The van der Waals surface area contributed by atoms with Crippen LogP contribution in [0, 0.1) is 5.82 Å². The lowest BCUT2D eigenvalue weighted by molar-refractivity contribution is 0.0959. The number of thiophene rings is 1. The molecular weight excluding hydrogens is 393 g/mol. The van der Waals surface area contributed by atoms with Gasteiger partial charge in [0.05, 0.1) is 18.5 Å². The zero-order valence-corrected chi connectivity index (χ0v) is 16.7. The number of anilines is 1. The van der Waals surface area contributed by atoms with Gasteiger partial charge in [-0.25, -0.2) is 9.82 Å². The van der Waals surface area contributed by atoms with Crippen LogP contribution >= 0.6 is 11.3 Å². The highest BCUT2D eigenvalue weighted by molar-refractivity contribution is 7.18. The number of nitrogen functional groups attached to an aromatic ring is 1. The summed E-state index contributed by atoms with van der Waals surface area (Å²) in [6, 6.07) is 12.7. The van der Waals surface area contributed by atoms with Crippen molar-refractivity contribution >= 4 is 28.6 Å². The average Bonchev–Trinajstić information content (AvgIpc) is 3.12. The summed E-state index contributed by atoms with van der Waals surface area (Å²) < 4.78 is 18.6. The van der Waals surface area contributed by atoms with E-state index in [1.54, 1.807) is 20.1 Å². The maximum absolute atomic E-state index is 13.5. The first-order chi connectivity index (χ1) is 13.9. The molecule has 0 spiro atoms. The molecule has 2 aromatic carbocycles. The molecule has 150 valence electrons. The normalized spacial score (nSPS) is 11.3. The number of benzene rings is 2. The third kappa shape index (κ3) is 4.55. The maximum Gasteiger partial charge on any atom is 0.283 e. The van der Waals surface area contributed by atoms with E-state index >= 15 is 0 Å². The molecule has 8 heteroatoms. The smallest absolute Gasteiger partial charge is 0.283 e. The van der Waals surface area contributed by atoms with Gasteiger partial charge in [0.2, 0.25) is 0 Å². The first-order valence-electron chi connectivity index (χ1n) is 8.82. The number of hydrazone groups is 1. The fraction of sp³-hybridized carbons (Fsp3) is 0.143. The molecule has 0 radical (unpaired) electrons. The molecule has 1 aromatic heterocycles. The second-order valence-electron chi connectivity index (χ2n) is 6.14. The summed E-state index contributed by atoms with van der Waals surface area (Å²) in [4.78, 5) is 13.7. The summed E-state index contributed by atoms with van der Waals surface area (Å²) in [6.45, 7) is 1.79. The number of aromatic hydroxyl groups is 1. The molecule has 0 bridgehead atoms. The van der Waals surface area contributed by atoms with E-state index in [0.717, 1.165) is 22.3 Å². The molecule has 4 N–H and O–H groups in total. The van der Waals surface area contributed by atoms with Crippen molar-refractivity contribution in [3.63, 3.8) is 0 Å². The monoisotopic (exact) mass is 413 g/mol. The first kappa shape index (κ1) is 20.3. The number of nitrogens with one attached hydrogen (secondary N) is 1. The highest BCUT2D eigenvalue weighted by atomic mass is 32.1. The van der Waals surface area contributed by atoms with E-state index in [2.05, 4.69) is 10.5 Å². The number of nitrogens with zero attached hydrogens (tertiary/aromatic N) is 1. The second-order valence-corrected chi connectivity index (χ2v) is 7.19. The van der Waals surface area contributed by atoms with Crippen LogP contribution in [-0.4, -0.2) is 23.8 Å². The molecule has 0 unspecified atom stereocenters. The van der Waals surface area contributed by atoms with Crippen LogP contribution in [0.3, 0.4) is 0 Å². The number of methoxy groups -OCH3 is 1. The van der Waals surface area contributed by atoms with Crippen LogP contribution in [-0.2, 0) is 0 Å². The van der Waals surface area contributed by atoms with Crippen LogP contribution in [0.4, 0.5) is 10.1 Å². The lowest BCUT2D eigenvalue weighted by atomic mass is 10.1. The Morgan fingerprint density at radius 2 is 1.97 bits per heavy atom. The molecule has 3 aromatic rings. The molecule has 0 saturated carbocycles. The van der Waals surface area contributed by atoms with Crippen LogP contribution in [0.2, 0.25) is 0 Å². The topological polar surface area (TPSA) is 96.9 Å². The predicted octanol–water partition coefficient (Wildman–Crippen LogP) is 4.39. The van der Waals surface area contributed by atoms with Gasteiger partial charge in [0.1, 0.15) is 22.2 Å². The standard InChI is InChI=1S/C21H20FN3O3S/c1-3-17(15-10-13(22)6-9-18(15)26)24-25-21(27)20-16(23)11-19(29-20)12-4-7-14(28-2)8-5-12/h4-11,26H,3,23H2,1-2H3,(H,25,27)/b24-17+. The zero-order chi connectivity index (χ0) is 21.0. The average molecular weight is 413 g/mol. The van der Waals surface area contributed by atoms with Gasteiger partial charge in [-0.15, -0.1) is 11.3 Å². The minimum atomic E-state index is -0.503. The van der Waals surface area contributed by atoms with Gasteiger partial charge in [-0.05, 0) is 60.5 Å². The molecule has 0 saturated heterocycles. The van der Waals surface area contributed by atoms with Crippen LogP contribution in [0.25, 0.3) is 10.4 Å². The molecule has 0 atom stereocenters. The van der Waals surface area contributed by atoms with E-state index in [0.29, 0.717) is 22.7 Å². The van der Waals surface area contributed by atoms with E-state index in [9.17, 15) is 14.3 Å². The molecule has 6 nitrogen and oxygen atoms in total. The van der Waals surface area contributed by atoms with E-state index in [1.165, 1.54) is 23.5 Å². The van der Waals surface area contributed by atoms with Gasteiger partial charge in [-0.2, -0.15) is 5.10 Å². The number of hydrogen-bond donors (Lipinski definition) is 3. The Morgan fingerprint density at radius 1 is 1.24 bits per heavy atom. The largest absolute Gasteiger partial charge is 0.507 e. The van der Waals surface area contributed by atoms with Crippen LogP contribution < -0.4 is 15.9 Å². The van der Waals surface area contributed by atoms with Crippen LogP contribution in [0.1, 0.15) is 28.6 Å². The van der Waals surface area contributed by atoms with Crippen molar-refractivity contribution in [2.75, 3.05) is 12.8 Å². The molecule has 0 aliphatic heterocycles. The van der Waals surface area contributed by atoms with Crippen molar-refractivity contribution in [3.05, 3.63) is 64.8 Å². The van der Waals surface area contributed by atoms with Gasteiger partial charge in [0, 0.05) is 10.4 Å². The van der Waals surface area contributed by atoms with E-state index in [-0.39, 0.29) is 11.3 Å². The molecule has 0 aliphatic carbocycles. The van der Waals surface area contributed by atoms with Crippen LogP contribution in [0.5, 0.6) is 11.5 Å². The number of ether oxygens (including phenoxy) is 1. The van der Waals surface area contributed by atoms with Crippen molar-refractivity contribution in [2.45, 2.75) is 13.3 Å². The summed E-state index contributed by atoms with van der Waals surface area (Å²) >= 11 is 1.24. The van der Waals surface area contributed by atoms with Gasteiger partial charge in [-0.1, -0.05) is 6.92 Å². The number of carbonyl (C=O) groups excluding carboxylic acids is 1. The third-order valence-corrected chi connectivity index (χ3v) is 5.44. The minimum Gasteiger partial charge on any atom is -0.507 e. The van der Waals surface area contributed by atoms with E-state index in [4.69, 9.17) is 10.5 Å². The number of carbonyl (C=O) groups is 1. The van der Waals surface area contributed by atoms with Crippen LogP contribution in [0.15, 0.2) is 53.6 Å². The fourth-order valence-corrected chi connectivity index (χ4v) is 3.69. The summed E-state index contributed by atoms with van der Waals surface area (Å²) in [6.07, 6.45) is 0.383. The van der Waals surface area contributed by atoms with E-state index in [1.807, 2.05) is 24.3 Å². The van der Waals surface area contributed by atoms with Crippen molar-refractivity contribution in [1.29, 1.82) is 0 Å². The summed E-state index contributed by atoms with van der Waals surface area (Å²) in [7, 11) is 1.59. The molecule has 1 heterocycles. The zero-order valence-electron chi connectivity index (χ0n) is 15.9. The third-order valence-electron chi connectivity index (χ3n) is 4.24. The lowest BCUT2D eigenvalue weighted by Crippen LogP contribution is -2.20. The SMILES string of the molecule is CC/C(=N\NC(=O)c1sc(-c2ccc(OC)cc2)cc1N)c1cc(F)ccc1O. The Balaban J connectivity index is 1.82. The Kier molecular flexibility index (Phi) is 6.13. The van der Waals surface area contributed by atoms with Gasteiger partial charge < -0.3 is 15.6 Å². The second kappa shape index (κ2) is 8.74. The Labute approximate surface area is 171 Å². The number of halogens is 1. The lowest BCUT2D eigenvalue weighted by Gasteiger charge is -2.07. The minimum absolute atomic E-state index is 0.112. The molecule has 29 heavy (non-hydrogen) atoms. The van der Waals surface area contributed by atoms with Crippen molar-refractivity contribution < 1.29 is 19.0 Å². The number of phenols is 1. The Hall–Kier alpha value is -3.39. The van der Waals surface area contributed by atoms with Crippen molar-refractivity contribution in [1.82, 2.24) is 5.43 Å². The molecular formula is C21H20FN3O3S. The highest BCUT2D eigenvalue weighted by Crippen LogP contribution is 2.34. The Bertz CT molecular complexity index is 1060. The number of phenolic OH excluding ortho intramolecular Hbond substituents is 1. The van der Waals surface area contributed by atoms with E-state index < -0.39 is 11.7 Å². The quantitative estimate of drug-likeness (QED) is 0.412. The molecule has 1 amide bonds. The summed E-state index contributed by atoms with van der Waals surface area (Å²) in [5.41, 5.74) is 10.3. The maximum atomic E-state index is 13.5. The van der Waals surface area contributed by atoms with Gasteiger partial charge >= 0.3 is 0 Å². The first-order valence-corrected chi connectivity index (χ1v) is 9.64. The predicted molar refractivity (Wildman–Crippen MR) is 113 cm³/mol. The van der Waals surface area contributed by atoms with Gasteiger partial charge in [0.25, 0.3) is 5.91 Å². The van der Waals surface area contributed by atoms with Crippen molar-refractivity contribution in [3.8, 4) is 21.9 Å². The summed E-state index contributed by atoms with van der Waals surface area (Å²) in [5, 5.41) is 14.0. The van der Waals surface area contributed by atoms with Gasteiger partial charge in [0.15, 0.2) is 0 Å². The molecule has 3 rings (SSSR count). The molecule has 0 aliphatic rings. The number of nitrogens with two attached hydrogens (primary N) is 1. The number of hydrogen-bond acceptors (Lipinski definition) is 6. The van der Waals surface area contributed by atoms with Gasteiger partial charge in [-0.3, -0.25) is 4.79 Å². The highest BCUT2D eigenvalue weighted by Gasteiger charge is 2.16. The summed E-state index contributed by atoms with van der Waals surface area (Å²) in [5.74, 6) is -0.358. The number of amides is 1. The fourth-order valence-electron chi connectivity index (χ4n) is 2.72. The Morgan fingerprint density at radius 3 is 2.62 bits per heavy atom. The van der Waals surface area contributed by atoms with Crippen molar-refractivity contribution in [2.24, 2.45) is 5.10 Å². The molecule has 0 fully saturated rings. The number of rotatable bonds is 6.